The van der Waals surface area contributed by atoms with E-state index in [0.29, 0.717) is 24.5 Å². The highest BCUT2D eigenvalue weighted by molar-refractivity contribution is 5.97. The molecule has 4 aromatic rings. The van der Waals surface area contributed by atoms with Crippen molar-refractivity contribution < 1.29 is 24.1 Å². The van der Waals surface area contributed by atoms with Gasteiger partial charge in [0.15, 0.2) is 11.5 Å². The third kappa shape index (κ3) is 4.37. The molecule has 0 bridgehead atoms. The lowest BCUT2D eigenvalue weighted by Gasteiger charge is -2.12. The highest BCUT2D eigenvalue weighted by Gasteiger charge is 2.14. The van der Waals surface area contributed by atoms with E-state index in [4.69, 9.17) is 19.3 Å². The molecule has 4 rings (SSSR count). The Bertz CT molecular complexity index is 1250. The predicted molar refractivity (Wildman–Crippen MR) is 122 cm³/mol. The first-order chi connectivity index (χ1) is 15.6. The molecular weight excluding hydrogens is 408 g/mol. The number of hydrogen-bond donors (Lipinski definition) is 2. The number of ether oxygens (including phenoxy) is 3. The van der Waals surface area contributed by atoms with E-state index in [-0.39, 0.29) is 6.42 Å². The van der Waals surface area contributed by atoms with Crippen LogP contribution in [0.3, 0.4) is 0 Å². The molecule has 0 spiro atoms. The first kappa shape index (κ1) is 21.2. The van der Waals surface area contributed by atoms with Crippen molar-refractivity contribution in [3.63, 3.8) is 0 Å². The van der Waals surface area contributed by atoms with E-state index in [1.165, 1.54) is 0 Å². The molecule has 0 saturated carbocycles. The van der Waals surface area contributed by atoms with Gasteiger partial charge in [0.25, 0.3) is 0 Å². The van der Waals surface area contributed by atoms with Crippen molar-refractivity contribution in [3.8, 4) is 39.5 Å². The smallest absolute Gasteiger partial charge is 0.303 e. The fraction of sp³-hybridized carbons (Fsp3) is 0.200. The molecule has 0 aliphatic heterocycles. The summed E-state index contributed by atoms with van der Waals surface area (Å²) in [4.78, 5) is 18.5. The number of carboxylic acid groups (broad SMARTS) is 1. The van der Waals surface area contributed by atoms with Crippen LogP contribution < -0.4 is 14.2 Å². The van der Waals surface area contributed by atoms with Crippen LogP contribution in [-0.2, 0) is 4.79 Å². The van der Waals surface area contributed by atoms with Crippen LogP contribution in [0, 0.1) is 0 Å². The van der Waals surface area contributed by atoms with Gasteiger partial charge in [-0.1, -0.05) is 24.3 Å². The Hall–Kier alpha value is -4.00. The molecule has 0 amide bonds. The van der Waals surface area contributed by atoms with Crippen LogP contribution >= 0.6 is 0 Å². The second-order valence-electron chi connectivity index (χ2n) is 7.23. The summed E-state index contributed by atoms with van der Waals surface area (Å²) in [6, 6.07) is 15.6. The summed E-state index contributed by atoms with van der Waals surface area (Å²) >= 11 is 0. The van der Waals surface area contributed by atoms with Crippen molar-refractivity contribution in [2.45, 2.75) is 12.8 Å². The minimum atomic E-state index is -0.837. The van der Waals surface area contributed by atoms with E-state index in [9.17, 15) is 4.79 Å². The van der Waals surface area contributed by atoms with Gasteiger partial charge >= 0.3 is 5.97 Å². The van der Waals surface area contributed by atoms with Crippen LogP contribution in [0.2, 0.25) is 0 Å². The van der Waals surface area contributed by atoms with Crippen molar-refractivity contribution in [2.75, 3.05) is 20.8 Å². The maximum absolute atomic E-state index is 10.7. The summed E-state index contributed by atoms with van der Waals surface area (Å²) in [6.07, 6.45) is 4.25. The van der Waals surface area contributed by atoms with E-state index in [0.717, 1.165) is 39.0 Å². The topological polar surface area (TPSA) is 93.7 Å². The molecular formula is C25H24N2O5. The summed E-state index contributed by atoms with van der Waals surface area (Å²) < 4.78 is 16.7. The SMILES string of the molecule is COc1cc(-c2cnc3[nH]cc(-c4ccccc4OC)c3c2)ccc1OCCCC(=O)O. The van der Waals surface area contributed by atoms with E-state index < -0.39 is 5.97 Å². The van der Waals surface area contributed by atoms with Crippen molar-refractivity contribution in [2.24, 2.45) is 0 Å². The van der Waals surface area contributed by atoms with E-state index in [1.54, 1.807) is 14.2 Å². The molecule has 2 aromatic heterocycles. The Morgan fingerprint density at radius 1 is 0.969 bits per heavy atom. The van der Waals surface area contributed by atoms with E-state index >= 15 is 0 Å². The van der Waals surface area contributed by atoms with Gasteiger partial charge in [-0.3, -0.25) is 4.79 Å². The van der Waals surface area contributed by atoms with Crippen LogP contribution in [0.4, 0.5) is 0 Å². The number of aromatic nitrogens is 2. The number of methoxy groups -OCH3 is 2. The van der Waals surface area contributed by atoms with Gasteiger partial charge in [0.1, 0.15) is 11.4 Å². The summed E-state index contributed by atoms with van der Waals surface area (Å²) in [7, 11) is 3.24. The molecule has 0 atom stereocenters. The third-order valence-electron chi connectivity index (χ3n) is 5.22. The van der Waals surface area contributed by atoms with Gasteiger partial charge in [0, 0.05) is 40.9 Å². The number of nitrogens with one attached hydrogen (secondary N) is 1. The zero-order valence-electron chi connectivity index (χ0n) is 17.9. The summed E-state index contributed by atoms with van der Waals surface area (Å²) in [5.74, 6) is 1.12. The Kier molecular flexibility index (Phi) is 6.26. The number of hydrogen-bond acceptors (Lipinski definition) is 5. The zero-order valence-corrected chi connectivity index (χ0v) is 17.9. The Morgan fingerprint density at radius 2 is 1.78 bits per heavy atom. The minimum absolute atomic E-state index is 0.0667. The van der Waals surface area contributed by atoms with Crippen LogP contribution in [0.5, 0.6) is 17.2 Å². The Balaban J connectivity index is 1.65. The molecule has 0 fully saturated rings. The van der Waals surface area contributed by atoms with Crippen LogP contribution in [0.25, 0.3) is 33.3 Å². The van der Waals surface area contributed by atoms with Crippen molar-refractivity contribution >= 4 is 17.0 Å². The fourth-order valence-corrected chi connectivity index (χ4v) is 3.62. The molecule has 7 nitrogen and oxygen atoms in total. The number of para-hydroxylation sites is 1. The molecule has 0 aliphatic rings. The van der Waals surface area contributed by atoms with E-state index in [2.05, 4.69) is 16.0 Å². The highest BCUT2D eigenvalue weighted by atomic mass is 16.5. The second-order valence-corrected chi connectivity index (χ2v) is 7.23. The standard InChI is InChI=1S/C25H24N2O5/c1-30-21-7-4-3-6-18(21)20-15-27-25-19(20)12-17(14-26-25)16-9-10-22(23(13-16)31-2)32-11-5-8-24(28)29/h3-4,6-7,9-10,12-15H,5,8,11H2,1-2H3,(H,26,27)(H,28,29). The monoisotopic (exact) mass is 432 g/mol. The molecule has 0 unspecified atom stereocenters. The first-order valence-electron chi connectivity index (χ1n) is 10.2. The lowest BCUT2D eigenvalue weighted by molar-refractivity contribution is -0.137. The van der Waals surface area contributed by atoms with Crippen molar-refractivity contribution in [1.29, 1.82) is 0 Å². The van der Waals surface area contributed by atoms with Crippen LogP contribution in [0.1, 0.15) is 12.8 Å². The highest BCUT2D eigenvalue weighted by Crippen LogP contribution is 2.37. The van der Waals surface area contributed by atoms with Crippen LogP contribution in [-0.4, -0.2) is 41.9 Å². The Labute approximate surface area is 185 Å². The second kappa shape index (κ2) is 9.43. The van der Waals surface area contributed by atoms with Gasteiger partial charge in [-0.05, 0) is 36.2 Å². The number of aliphatic carboxylic acids is 1. The zero-order chi connectivity index (χ0) is 22.5. The van der Waals surface area contributed by atoms with Gasteiger partial charge in [0.2, 0.25) is 0 Å². The molecule has 32 heavy (non-hydrogen) atoms. The number of aromatic amines is 1. The average molecular weight is 432 g/mol. The number of benzene rings is 2. The normalized spacial score (nSPS) is 10.8. The lowest BCUT2D eigenvalue weighted by atomic mass is 10.0. The number of nitrogens with zero attached hydrogens (tertiary/aromatic N) is 1. The average Bonchev–Trinajstić information content (AvgIpc) is 3.24. The number of H-pyrrole nitrogens is 1. The Morgan fingerprint density at radius 3 is 2.56 bits per heavy atom. The van der Waals surface area contributed by atoms with Crippen molar-refractivity contribution in [1.82, 2.24) is 9.97 Å². The molecule has 0 saturated heterocycles. The van der Waals surface area contributed by atoms with Gasteiger partial charge in [-0.2, -0.15) is 0 Å². The molecule has 164 valence electrons. The number of rotatable bonds is 9. The number of pyridine rings is 1. The molecule has 7 heteroatoms. The lowest BCUT2D eigenvalue weighted by Crippen LogP contribution is -2.03. The molecule has 2 heterocycles. The van der Waals surface area contributed by atoms with Crippen LogP contribution in [0.15, 0.2) is 60.9 Å². The summed E-state index contributed by atoms with van der Waals surface area (Å²) in [6.45, 7) is 0.307. The molecule has 0 radical (unpaired) electrons. The fourth-order valence-electron chi connectivity index (χ4n) is 3.62. The largest absolute Gasteiger partial charge is 0.496 e. The minimum Gasteiger partial charge on any atom is -0.496 e. The number of carboxylic acids is 1. The van der Waals surface area contributed by atoms with E-state index in [1.807, 2.05) is 54.9 Å². The molecule has 0 aliphatic carbocycles. The number of carbonyl (C=O) groups is 1. The van der Waals surface area contributed by atoms with Gasteiger partial charge in [0.05, 0.1) is 20.8 Å². The quantitative estimate of drug-likeness (QED) is 0.355. The molecule has 2 aromatic carbocycles. The predicted octanol–water partition coefficient (Wildman–Crippen LogP) is 5.16. The van der Waals surface area contributed by atoms with Crippen molar-refractivity contribution in [3.05, 3.63) is 60.9 Å². The summed E-state index contributed by atoms with van der Waals surface area (Å²) in [5, 5.41) is 9.75. The third-order valence-corrected chi connectivity index (χ3v) is 5.22. The molecule has 2 N–H and O–H groups in total. The number of fused-ring (bicyclic) bond motifs is 1. The van der Waals surface area contributed by atoms with Gasteiger partial charge < -0.3 is 24.3 Å². The summed E-state index contributed by atoms with van der Waals surface area (Å²) in [5.41, 5.74) is 4.66. The van der Waals surface area contributed by atoms with Gasteiger partial charge in [-0.25, -0.2) is 4.98 Å². The maximum atomic E-state index is 10.7. The first-order valence-corrected chi connectivity index (χ1v) is 10.2. The van der Waals surface area contributed by atoms with Gasteiger partial charge in [-0.15, -0.1) is 0 Å². The maximum Gasteiger partial charge on any atom is 0.303 e.